The van der Waals surface area contributed by atoms with E-state index >= 15 is 0 Å². The predicted octanol–water partition coefficient (Wildman–Crippen LogP) is 1.40. The van der Waals surface area contributed by atoms with Gasteiger partial charge in [-0.25, -0.2) is 8.42 Å². The first kappa shape index (κ1) is 13.4. The van der Waals surface area contributed by atoms with Crippen molar-refractivity contribution in [1.82, 2.24) is 5.32 Å². The first-order chi connectivity index (χ1) is 8.46. The van der Waals surface area contributed by atoms with E-state index < -0.39 is 9.84 Å². The molecule has 18 heavy (non-hydrogen) atoms. The van der Waals surface area contributed by atoms with Gasteiger partial charge in [0.25, 0.3) is 0 Å². The Morgan fingerprint density at radius 3 is 2.94 bits per heavy atom. The van der Waals surface area contributed by atoms with Crippen LogP contribution in [0.3, 0.4) is 0 Å². The maximum absolute atomic E-state index is 11.1. The van der Waals surface area contributed by atoms with E-state index in [0.717, 1.165) is 24.8 Å². The van der Waals surface area contributed by atoms with Gasteiger partial charge in [0.1, 0.15) is 15.6 Å². The smallest absolute Gasteiger partial charge is 0.148 e. The van der Waals surface area contributed by atoms with Gasteiger partial charge in [-0.3, -0.25) is 0 Å². The number of sulfone groups is 1. The second kappa shape index (κ2) is 5.28. The summed E-state index contributed by atoms with van der Waals surface area (Å²) in [7, 11) is -2.92. The Balaban J connectivity index is 2.05. The van der Waals surface area contributed by atoms with Crippen LogP contribution >= 0.6 is 0 Å². The van der Waals surface area contributed by atoms with Crippen molar-refractivity contribution in [3.63, 3.8) is 0 Å². The normalized spacial score (nSPS) is 19.5. The summed E-state index contributed by atoms with van der Waals surface area (Å²) in [4.78, 5) is 0. The molecular formula is C13H19NO3S. The molecule has 1 aromatic carbocycles. The van der Waals surface area contributed by atoms with Gasteiger partial charge in [-0.05, 0) is 42.5 Å². The van der Waals surface area contributed by atoms with Gasteiger partial charge >= 0.3 is 0 Å². The topological polar surface area (TPSA) is 66.4 Å². The number of rotatable bonds is 4. The molecule has 2 rings (SSSR count). The van der Waals surface area contributed by atoms with Crippen molar-refractivity contribution in [1.29, 1.82) is 0 Å². The zero-order chi connectivity index (χ0) is 13.2. The van der Waals surface area contributed by atoms with E-state index in [4.69, 9.17) is 0 Å². The maximum atomic E-state index is 11.1. The van der Waals surface area contributed by atoms with Crippen molar-refractivity contribution in [3.05, 3.63) is 29.3 Å². The maximum Gasteiger partial charge on any atom is 0.148 e. The number of aryl methyl sites for hydroxylation is 1. The summed E-state index contributed by atoms with van der Waals surface area (Å²) < 4.78 is 22.2. The highest BCUT2D eigenvalue weighted by Gasteiger charge is 2.20. The van der Waals surface area contributed by atoms with Gasteiger partial charge in [-0.1, -0.05) is 6.07 Å². The number of hydrogen-bond donors (Lipinski definition) is 2. The number of aromatic hydroxyl groups is 1. The molecule has 0 radical (unpaired) electrons. The summed E-state index contributed by atoms with van der Waals surface area (Å²) in [6.45, 7) is 0.457. The van der Waals surface area contributed by atoms with Crippen LogP contribution < -0.4 is 5.32 Å². The fourth-order valence-electron chi connectivity index (χ4n) is 2.42. The fourth-order valence-corrected chi connectivity index (χ4v) is 2.91. The van der Waals surface area contributed by atoms with Crippen molar-refractivity contribution in [2.45, 2.75) is 25.3 Å². The molecule has 1 aliphatic carbocycles. The van der Waals surface area contributed by atoms with Crippen LogP contribution in [-0.2, 0) is 16.3 Å². The minimum absolute atomic E-state index is 0.150. The molecule has 1 unspecified atom stereocenters. The Labute approximate surface area is 108 Å². The summed E-state index contributed by atoms with van der Waals surface area (Å²) in [5.74, 6) is 0.419. The molecule has 0 saturated heterocycles. The number of phenols is 1. The zero-order valence-electron chi connectivity index (χ0n) is 10.5. The molecule has 4 nitrogen and oxygen atoms in total. The summed E-state index contributed by atoms with van der Waals surface area (Å²) in [6, 6.07) is 5.60. The second-order valence-electron chi connectivity index (χ2n) is 4.91. The molecule has 1 atom stereocenters. The quantitative estimate of drug-likeness (QED) is 0.867. The molecule has 5 heteroatoms. The molecule has 0 spiro atoms. The minimum atomic E-state index is -2.92. The molecule has 2 N–H and O–H groups in total. The zero-order valence-corrected chi connectivity index (χ0v) is 11.3. The van der Waals surface area contributed by atoms with Crippen LogP contribution in [0.15, 0.2) is 18.2 Å². The number of fused-ring (bicyclic) bond motifs is 1. The second-order valence-corrected chi connectivity index (χ2v) is 7.17. The van der Waals surface area contributed by atoms with Crippen molar-refractivity contribution in [2.75, 3.05) is 18.6 Å². The number of benzene rings is 1. The van der Waals surface area contributed by atoms with Crippen molar-refractivity contribution in [3.8, 4) is 5.75 Å². The molecule has 0 aromatic heterocycles. The van der Waals surface area contributed by atoms with E-state index in [-0.39, 0.29) is 17.5 Å². The van der Waals surface area contributed by atoms with Crippen LogP contribution in [0.2, 0.25) is 0 Å². The fraction of sp³-hybridized carbons (Fsp3) is 0.538. The predicted molar refractivity (Wildman–Crippen MR) is 71.5 cm³/mol. The van der Waals surface area contributed by atoms with Crippen molar-refractivity contribution in [2.24, 2.45) is 0 Å². The van der Waals surface area contributed by atoms with E-state index in [1.165, 1.54) is 11.8 Å². The highest BCUT2D eigenvalue weighted by Crippen LogP contribution is 2.31. The third kappa shape index (κ3) is 3.46. The number of phenolic OH excluding ortho intramolecular Hbond substituents is 1. The Morgan fingerprint density at radius 1 is 1.44 bits per heavy atom. The molecule has 1 aliphatic rings. The van der Waals surface area contributed by atoms with Crippen LogP contribution in [0.1, 0.15) is 30.0 Å². The molecule has 0 fully saturated rings. The van der Waals surface area contributed by atoms with Crippen LogP contribution in [0.4, 0.5) is 0 Å². The van der Waals surface area contributed by atoms with Crippen LogP contribution in [0.5, 0.6) is 5.75 Å². The van der Waals surface area contributed by atoms with Crippen LogP contribution in [-0.4, -0.2) is 32.1 Å². The number of hydrogen-bond acceptors (Lipinski definition) is 4. The van der Waals surface area contributed by atoms with Gasteiger partial charge in [-0.15, -0.1) is 0 Å². The molecule has 0 heterocycles. The van der Waals surface area contributed by atoms with Gasteiger partial charge in [-0.2, -0.15) is 0 Å². The van der Waals surface area contributed by atoms with Crippen LogP contribution in [0.25, 0.3) is 0 Å². The molecule has 0 aliphatic heterocycles. The highest BCUT2D eigenvalue weighted by molar-refractivity contribution is 7.90. The lowest BCUT2D eigenvalue weighted by Crippen LogP contribution is -2.29. The average Bonchev–Trinajstić information content (AvgIpc) is 2.28. The van der Waals surface area contributed by atoms with E-state index in [9.17, 15) is 13.5 Å². The Hall–Kier alpha value is -1.07. The third-order valence-corrected chi connectivity index (χ3v) is 4.25. The summed E-state index contributed by atoms with van der Waals surface area (Å²) in [5, 5.41) is 12.8. The third-order valence-electron chi connectivity index (χ3n) is 3.31. The Bertz CT molecular complexity index is 525. The first-order valence-corrected chi connectivity index (χ1v) is 8.25. The first-order valence-electron chi connectivity index (χ1n) is 6.18. The molecule has 100 valence electrons. The summed E-state index contributed by atoms with van der Waals surface area (Å²) in [6.07, 6.45) is 4.35. The van der Waals surface area contributed by atoms with Gasteiger partial charge < -0.3 is 10.4 Å². The SMILES string of the molecule is CS(=O)(=O)CCNC1CCCc2ccc(O)cc21. The van der Waals surface area contributed by atoms with Crippen molar-refractivity contribution >= 4 is 9.84 Å². The summed E-state index contributed by atoms with van der Waals surface area (Å²) in [5.41, 5.74) is 2.35. The van der Waals surface area contributed by atoms with Gasteiger partial charge in [0.2, 0.25) is 0 Å². The van der Waals surface area contributed by atoms with E-state index in [2.05, 4.69) is 5.32 Å². The molecule has 0 amide bonds. The average molecular weight is 269 g/mol. The largest absolute Gasteiger partial charge is 0.508 e. The molecular weight excluding hydrogens is 250 g/mol. The monoisotopic (exact) mass is 269 g/mol. The standard InChI is InChI=1S/C13H19NO3S/c1-18(16,17)8-7-14-13-4-2-3-10-5-6-11(15)9-12(10)13/h5-6,9,13-15H,2-4,7-8H2,1H3. The molecule has 0 bridgehead atoms. The van der Waals surface area contributed by atoms with Gasteiger partial charge in [0, 0.05) is 18.8 Å². The van der Waals surface area contributed by atoms with E-state index in [0.29, 0.717) is 6.54 Å². The summed E-state index contributed by atoms with van der Waals surface area (Å²) >= 11 is 0. The lowest BCUT2D eigenvalue weighted by atomic mass is 9.87. The highest BCUT2D eigenvalue weighted by atomic mass is 32.2. The molecule has 0 saturated carbocycles. The molecule has 1 aromatic rings. The lowest BCUT2D eigenvalue weighted by molar-refractivity contribution is 0.452. The van der Waals surface area contributed by atoms with E-state index in [1.54, 1.807) is 12.1 Å². The van der Waals surface area contributed by atoms with Gasteiger partial charge in [0.05, 0.1) is 5.75 Å². The van der Waals surface area contributed by atoms with Crippen molar-refractivity contribution < 1.29 is 13.5 Å². The Morgan fingerprint density at radius 2 is 2.22 bits per heavy atom. The lowest BCUT2D eigenvalue weighted by Gasteiger charge is -2.26. The van der Waals surface area contributed by atoms with Gasteiger partial charge in [0.15, 0.2) is 0 Å². The minimum Gasteiger partial charge on any atom is -0.508 e. The number of nitrogens with one attached hydrogen (secondary N) is 1. The Kier molecular flexibility index (Phi) is 3.92. The van der Waals surface area contributed by atoms with Crippen LogP contribution in [0, 0.1) is 0 Å². The van der Waals surface area contributed by atoms with E-state index in [1.807, 2.05) is 6.07 Å².